The molecule has 0 amide bonds. The topological polar surface area (TPSA) is 37.8 Å². The van der Waals surface area contributed by atoms with Gasteiger partial charge in [-0.1, -0.05) is 24.9 Å². The average Bonchev–Trinajstić information content (AvgIpc) is 2.17. The molecule has 1 heterocycles. The zero-order chi connectivity index (χ0) is 10.7. The fourth-order valence-corrected chi connectivity index (χ4v) is 2.15. The number of rotatable bonds is 4. The largest absolute Gasteiger partial charge is 0.365 e. The van der Waals surface area contributed by atoms with Gasteiger partial charge in [-0.3, -0.25) is 0 Å². The van der Waals surface area contributed by atoms with Gasteiger partial charge < -0.3 is 5.32 Å². The predicted molar refractivity (Wildman–Crippen MR) is 62.1 cm³/mol. The number of nitrogens with one attached hydrogen (secondary N) is 1. The van der Waals surface area contributed by atoms with Crippen LogP contribution in [-0.4, -0.2) is 16.0 Å². The van der Waals surface area contributed by atoms with Crippen LogP contribution in [0.3, 0.4) is 0 Å². The lowest BCUT2D eigenvalue weighted by atomic mass is 9.79. The van der Waals surface area contributed by atoms with Crippen LogP contribution in [0.1, 0.15) is 32.6 Å². The molecule has 0 spiro atoms. The Bertz CT molecular complexity index is 325. The first kappa shape index (κ1) is 10.7. The Balaban J connectivity index is 2.02. The molecule has 82 valence electrons. The summed E-state index contributed by atoms with van der Waals surface area (Å²) in [5.74, 6) is 1.51. The first-order valence-corrected chi connectivity index (χ1v) is 5.92. The number of hydrogen-bond acceptors (Lipinski definition) is 3. The lowest BCUT2D eigenvalue weighted by Gasteiger charge is -2.34. The number of hydrogen-bond donors (Lipinski definition) is 1. The van der Waals surface area contributed by atoms with Gasteiger partial charge in [0.2, 0.25) is 0 Å². The van der Waals surface area contributed by atoms with E-state index >= 15 is 0 Å². The Hall–Kier alpha value is -0.830. The number of halogens is 1. The third-order valence-corrected chi connectivity index (χ3v) is 3.41. The van der Waals surface area contributed by atoms with E-state index in [0.717, 1.165) is 18.2 Å². The maximum absolute atomic E-state index is 5.96. The van der Waals surface area contributed by atoms with Gasteiger partial charge in [-0.15, -0.1) is 0 Å². The molecule has 0 aromatic carbocycles. The molecule has 0 radical (unpaired) electrons. The molecular formula is C11H16ClN3. The summed E-state index contributed by atoms with van der Waals surface area (Å²) in [5.41, 5.74) is 0. The minimum atomic E-state index is 0.468. The molecule has 1 aromatic heterocycles. The number of aromatic nitrogens is 2. The van der Waals surface area contributed by atoms with E-state index in [1.165, 1.54) is 19.3 Å². The molecule has 3 nitrogen and oxygen atoms in total. The van der Waals surface area contributed by atoms with Crippen LogP contribution in [-0.2, 0) is 0 Å². The lowest BCUT2D eigenvalue weighted by molar-refractivity contribution is 0.270. The van der Waals surface area contributed by atoms with E-state index in [4.69, 9.17) is 11.6 Å². The molecule has 1 atom stereocenters. The molecular weight excluding hydrogens is 210 g/mol. The Labute approximate surface area is 95.3 Å². The van der Waals surface area contributed by atoms with Crippen molar-refractivity contribution in [3.05, 3.63) is 17.5 Å². The minimum Gasteiger partial charge on any atom is -0.365 e. The van der Waals surface area contributed by atoms with Crippen molar-refractivity contribution >= 4 is 17.4 Å². The molecule has 4 heteroatoms. The average molecular weight is 226 g/mol. The molecule has 1 aliphatic rings. The van der Waals surface area contributed by atoms with E-state index < -0.39 is 0 Å². The molecule has 2 rings (SSSR count). The SMILES string of the molecule is CCC(Nc1nccnc1Cl)C1CCC1. The third-order valence-electron chi connectivity index (χ3n) is 3.13. The predicted octanol–water partition coefficient (Wildman–Crippen LogP) is 3.12. The maximum atomic E-state index is 5.96. The number of anilines is 1. The van der Waals surface area contributed by atoms with E-state index in [1.54, 1.807) is 12.4 Å². The highest BCUT2D eigenvalue weighted by molar-refractivity contribution is 6.31. The summed E-state index contributed by atoms with van der Waals surface area (Å²) in [6.45, 7) is 2.19. The van der Waals surface area contributed by atoms with Crippen molar-refractivity contribution in [1.29, 1.82) is 0 Å². The Morgan fingerprint density at radius 2 is 2.20 bits per heavy atom. The molecule has 0 bridgehead atoms. The van der Waals surface area contributed by atoms with Crippen molar-refractivity contribution in [2.45, 2.75) is 38.6 Å². The van der Waals surface area contributed by atoms with Crippen LogP contribution in [0.2, 0.25) is 5.15 Å². The van der Waals surface area contributed by atoms with Gasteiger partial charge in [0.1, 0.15) is 0 Å². The van der Waals surface area contributed by atoms with E-state index in [-0.39, 0.29) is 0 Å². The highest BCUT2D eigenvalue weighted by Gasteiger charge is 2.26. The molecule has 0 saturated heterocycles. The van der Waals surface area contributed by atoms with Crippen molar-refractivity contribution in [3.8, 4) is 0 Å². The second-order valence-corrected chi connectivity index (χ2v) is 4.40. The van der Waals surface area contributed by atoms with Crippen molar-refractivity contribution in [2.75, 3.05) is 5.32 Å². The molecule has 1 N–H and O–H groups in total. The second-order valence-electron chi connectivity index (χ2n) is 4.05. The van der Waals surface area contributed by atoms with Gasteiger partial charge >= 0.3 is 0 Å². The van der Waals surface area contributed by atoms with Gasteiger partial charge in [0.25, 0.3) is 0 Å². The quantitative estimate of drug-likeness (QED) is 0.856. The highest BCUT2D eigenvalue weighted by atomic mass is 35.5. The minimum absolute atomic E-state index is 0.468. The third kappa shape index (κ3) is 2.40. The summed E-state index contributed by atoms with van der Waals surface area (Å²) in [6, 6.07) is 0.493. The molecule has 0 aliphatic heterocycles. The zero-order valence-electron chi connectivity index (χ0n) is 8.91. The second kappa shape index (κ2) is 4.79. The molecule has 1 saturated carbocycles. The van der Waals surface area contributed by atoms with Gasteiger partial charge in [0.05, 0.1) is 0 Å². The fraction of sp³-hybridized carbons (Fsp3) is 0.636. The molecule has 1 aromatic rings. The summed E-state index contributed by atoms with van der Waals surface area (Å²) in [4.78, 5) is 8.21. The van der Waals surface area contributed by atoms with Crippen LogP contribution in [0.25, 0.3) is 0 Å². The van der Waals surface area contributed by atoms with Crippen LogP contribution < -0.4 is 5.32 Å². The molecule has 15 heavy (non-hydrogen) atoms. The fourth-order valence-electron chi connectivity index (χ4n) is 1.99. The van der Waals surface area contributed by atoms with E-state index in [9.17, 15) is 0 Å². The van der Waals surface area contributed by atoms with Crippen LogP contribution in [0.15, 0.2) is 12.4 Å². The van der Waals surface area contributed by atoms with Crippen molar-refractivity contribution in [1.82, 2.24) is 9.97 Å². The summed E-state index contributed by atoms with van der Waals surface area (Å²) >= 11 is 5.96. The van der Waals surface area contributed by atoms with Crippen LogP contribution in [0.5, 0.6) is 0 Å². The summed E-state index contributed by atoms with van der Waals surface area (Å²) < 4.78 is 0. The molecule has 1 fully saturated rings. The lowest BCUT2D eigenvalue weighted by Crippen LogP contribution is -2.33. The summed E-state index contributed by atoms with van der Waals surface area (Å²) in [6.07, 6.45) is 8.39. The summed E-state index contributed by atoms with van der Waals surface area (Å²) in [5, 5.41) is 3.86. The first-order valence-electron chi connectivity index (χ1n) is 5.54. The van der Waals surface area contributed by atoms with Crippen molar-refractivity contribution in [3.63, 3.8) is 0 Å². The van der Waals surface area contributed by atoms with Crippen LogP contribution >= 0.6 is 11.6 Å². The van der Waals surface area contributed by atoms with E-state index in [2.05, 4.69) is 22.2 Å². The van der Waals surface area contributed by atoms with Crippen LogP contribution in [0.4, 0.5) is 5.82 Å². The standard InChI is InChI=1S/C11H16ClN3/c1-2-9(8-4-3-5-8)15-11-10(12)13-6-7-14-11/h6-9H,2-5H2,1H3,(H,14,15). The van der Waals surface area contributed by atoms with Crippen LogP contribution in [0, 0.1) is 5.92 Å². The zero-order valence-corrected chi connectivity index (χ0v) is 9.67. The monoisotopic (exact) mass is 225 g/mol. The smallest absolute Gasteiger partial charge is 0.171 e. The maximum Gasteiger partial charge on any atom is 0.171 e. The number of nitrogens with zero attached hydrogens (tertiary/aromatic N) is 2. The van der Waals surface area contributed by atoms with Gasteiger partial charge in [-0.05, 0) is 25.2 Å². The van der Waals surface area contributed by atoms with Crippen molar-refractivity contribution < 1.29 is 0 Å². The van der Waals surface area contributed by atoms with Gasteiger partial charge in [-0.2, -0.15) is 0 Å². The molecule has 1 aliphatic carbocycles. The Morgan fingerprint density at radius 3 is 2.73 bits per heavy atom. The van der Waals surface area contributed by atoms with Gasteiger partial charge in [0, 0.05) is 18.4 Å². The Kier molecular flexibility index (Phi) is 3.41. The first-order chi connectivity index (χ1) is 7.31. The van der Waals surface area contributed by atoms with Crippen molar-refractivity contribution in [2.24, 2.45) is 5.92 Å². The Morgan fingerprint density at radius 1 is 1.47 bits per heavy atom. The van der Waals surface area contributed by atoms with Gasteiger partial charge in [-0.25, -0.2) is 9.97 Å². The highest BCUT2D eigenvalue weighted by Crippen LogP contribution is 2.32. The summed E-state index contributed by atoms with van der Waals surface area (Å²) in [7, 11) is 0. The normalized spacial score (nSPS) is 18.3. The van der Waals surface area contributed by atoms with E-state index in [0.29, 0.717) is 11.2 Å². The van der Waals surface area contributed by atoms with E-state index in [1.807, 2.05) is 0 Å². The molecule has 1 unspecified atom stereocenters. The van der Waals surface area contributed by atoms with Gasteiger partial charge in [0.15, 0.2) is 11.0 Å².